The third-order valence-electron chi connectivity index (χ3n) is 4.55. The van der Waals surface area contributed by atoms with E-state index in [9.17, 15) is 9.59 Å². The van der Waals surface area contributed by atoms with Crippen molar-refractivity contribution in [3.63, 3.8) is 0 Å². The molecule has 0 bridgehead atoms. The summed E-state index contributed by atoms with van der Waals surface area (Å²) < 4.78 is 0. The molecule has 1 N–H and O–H groups in total. The minimum Gasteiger partial charge on any atom is -0.335 e. The maximum Gasteiger partial charge on any atom is 0.322 e. The highest BCUT2D eigenvalue weighted by atomic mass is 16.2. The van der Waals surface area contributed by atoms with Gasteiger partial charge >= 0.3 is 6.03 Å². The molecule has 1 atom stereocenters. The third kappa shape index (κ3) is 2.32. The summed E-state index contributed by atoms with van der Waals surface area (Å²) in [6, 6.07) is 3.27. The number of carbonyl (C=O) groups is 2. The number of carbonyl (C=O) groups excluding carboxylic acids is 2. The molecule has 0 radical (unpaired) electrons. The molecule has 2 saturated carbocycles. The number of hydrogen-bond acceptors (Lipinski definition) is 3. The number of nitrogens with one attached hydrogen (secondary N) is 1. The quantitative estimate of drug-likeness (QED) is 0.927. The molecule has 2 heterocycles. The molecule has 2 aliphatic carbocycles. The molecule has 4 rings (SSSR count). The van der Waals surface area contributed by atoms with Crippen LogP contribution in [0.15, 0.2) is 18.3 Å². The van der Waals surface area contributed by atoms with E-state index in [1.807, 2.05) is 12.1 Å². The van der Waals surface area contributed by atoms with Gasteiger partial charge in [-0.3, -0.25) is 14.6 Å². The molecule has 1 aromatic heterocycles. The highest BCUT2D eigenvalue weighted by molar-refractivity contribution is 6.11. The summed E-state index contributed by atoms with van der Waals surface area (Å²) in [7, 11) is 0. The summed E-state index contributed by atoms with van der Waals surface area (Å²) in [4.78, 5) is 33.0. The lowest BCUT2D eigenvalue weighted by Crippen LogP contribution is -2.57. The molecule has 3 aliphatic rings. The number of nitrogens with zero attached hydrogens (tertiary/aromatic N) is 3. The van der Waals surface area contributed by atoms with Crippen molar-refractivity contribution in [3.05, 3.63) is 18.3 Å². The first-order valence-corrected chi connectivity index (χ1v) is 8.01. The van der Waals surface area contributed by atoms with Crippen LogP contribution in [0.2, 0.25) is 0 Å². The molecular formula is C16H20N4O2. The van der Waals surface area contributed by atoms with Gasteiger partial charge in [0.1, 0.15) is 6.04 Å². The number of aromatic nitrogens is 1. The van der Waals surface area contributed by atoms with Crippen LogP contribution in [0, 0.1) is 5.92 Å². The maximum atomic E-state index is 12.7. The van der Waals surface area contributed by atoms with E-state index in [2.05, 4.69) is 10.3 Å². The van der Waals surface area contributed by atoms with Crippen molar-refractivity contribution < 1.29 is 9.59 Å². The maximum absolute atomic E-state index is 12.7. The number of pyridine rings is 1. The first kappa shape index (κ1) is 13.5. The van der Waals surface area contributed by atoms with Crippen molar-refractivity contribution in [1.29, 1.82) is 0 Å². The van der Waals surface area contributed by atoms with E-state index in [4.69, 9.17) is 0 Å². The molecule has 1 aliphatic heterocycles. The molecular weight excluding hydrogens is 280 g/mol. The lowest BCUT2D eigenvalue weighted by Gasteiger charge is -2.39. The Bertz CT molecular complexity index is 624. The Morgan fingerprint density at radius 2 is 2.14 bits per heavy atom. The van der Waals surface area contributed by atoms with Gasteiger partial charge in [-0.25, -0.2) is 9.78 Å². The van der Waals surface area contributed by atoms with Crippen LogP contribution in [0.5, 0.6) is 0 Å². The summed E-state index contributed by atoms with van der Waals surface area (Å²) >= 11 is 0. The second-order valence-electron chi connectivity index (χ2n) is 6.51. The van der Waals surface area contributed by atoms with Gasteiger partial charge < -0.3 is 5.32 Å². The largest absolute Gasteiger partial charge is 0.335 e. The predicted octanol–water partition coefficient (Wildman–Crippen LogP) is 1.91. The summed E-state index contributed by atoms with van der Waals surface area (Å²) in [5, 5.41) is 2.97. The van der Waals surface area contributed by atoms with Gasteiger partial charge in [0, 0.05) is 18.8 Å². The first-order chi connectivity index (χ1) is 10.6. The van der Waals surface area contributed by atoms with E-state index < -0.39 is 6.04 Å². The SMILES string of the molecule is CC1C(=O)N(CC2CC2)c2ncccc2N1C(=O)NC1CC1. The van der Waals surface area contributed by atoms with Crippen molar-refractivity contribution in [1.82, 2.24) is 10.3 Å². The molecule has 0 saturated heterocycles. The zero-order chi connectivity index (χ0) is 15.3. The lowest BCUT2D eigenvalue weighted by atomic mass is 10.1. The summed E-state index contributed by atoms with van der Waals surface area (Å²) in [5.41, 5.74) is 0.730. The van der Waals surface area contributed by atoms with Crippen molar-refractivity contribution in [2.24, 2.45) is 5.92 Å². The van der Waals surface area contributed by atoms with Gasteiger partial charge in [0.05, 0.1) is 5.69 Å². The topological polar surface area (TPSA) is 65.5 Å². The van der Waals surface area contributed by atoms with Gasteiger partial charge in [-0.2, -0.15) is 0 Å². The second-order valence-corrected chi connectivity index (χ2v) is 6.51. The Balaban J connectivity index is 1.68. The minimum absolute atomic E-state index is 0.0379. The molecule has 22 heavy (non-hydrogen) atoms. The summed E-state index contributed by atoms with van der Waals surface area (Å²) in [6.45, 7) is 2.51. The molecule has 1 aromatic rings. The minimum atomic E-state index is -0.491. The molecule has 3 amide bonds. The van der Waals surface area contributed by atoms with Gasteiger partial charge in [0.25, 0.3) is 5.91 Å². The van der Waals surface area contributed by atoms with Crippen LogP contribution >= 0.6 is 0 Å². The van der Waals surface area contributed by atoms with Crippen molar-refractivity contribution in [2.45, 2.75) is 44.7 Å². The fourth-order valence-electron chi connectivity index (χ4n) is 2.93. The molecule has 1 unspecified atom stereocenters. The molecule has 0 aromatic carbocycles. The summed E-state index contributed by atoms with van der Waals surface area (Å²) in [6.07, 6.45) is 6.07. The van der Waals surface area contributed by atoms with Crippen LogP contribution in [-0.4, -0.2) is 35.6 Å². The zero-order valence-corrected chi connectivity index (χ0v) is 12.7. The van der Waals surface area contributed by atoms with Crippen molar-refractivity contribution in [2.75, 3.05) is 16.3 Å². The van der Waals surface area contributed by atoms with Crippen LogP contribution in [0.4, 0.5) is 16.3 Å². The van der Waals surface area contributed by atoms with E-state index in [0.717, 1.165) is 18.5 Å². The van der Waals surface area contributed by atoms with Gasteiger partial charge in [-0.1, -0.05) is 0 Å². The molecule has 116 valence electrons. The monoisotopic (exact) mass is 300 g/mol. The number of fused-ring (bicyclic) bond motifs is 1. The number of anilines is 2. The van der Waals surface area contributed by atoms with E-state index in [-0.39, 0.29) is 18.0 Å². The molecule has 0 spiro atoms. The lowest BCUT2D eigenvalue weighted by molar-refractivity contribution is -0.119. The first-order valence-electron chi connectivity index (χ1n) is 8.01. The van der Waals surface area contributed by atoms with Gasteiger partial charge in [0.15, 0.2) is 5.82 Å². The van der Waals surface area contributed by atoms with Gasteiger partial charge in [0.2, 0.25) is 0 Å². The Kier molecular flexibility index (Phi) is 3.06. The Morgan fingerprint density at radius 1 is 1.36 bits per heavy atom. The van der Waals surface area contributed by atoms with Crippen LogP contribution in [0.1, 0.15) is 32.6 Å². The number of amides is 3. The second kappa shape index (κ2) is 4.97. The number of hydrogen-bond donors (Lipinski definition) is 1. The molecule has 6 heteroatoms. The van der Waals surface area contributed by atoms with Crippen LogP contribution in [-0.2, 0) is 4.79 Å². The number of urea groups is 1. The van der Waals surface area contributed by atoms with E-state index in [1.54, 1.807) is 22.9 Å². The standard InChI is InChI=1S/C16H20N4O2/c1-10-15(21)19(9-11-4-5-11)14-13(3-2-8-17-14)20(10)16(22)18-12-6-7-12/h2-3,8,10-12H,4-7,9H2,1H3,(H,18,22). The fourth-order valence-corrected chi connectivity index (χ4v) is 2.93. The van der Waals surface area contributed by atoms with Crippen LogP contribution in [0.25, 0.3) is 0 Å². The molecule has 6 nitrogen and oxygen atoms in total. The highest BCUT2D eigenvalue weighted by Gasteiger charge is 2.42. The van der Waals surface area contributed by atoms with Gasteiger partial charge in [-0.05, 0) is 50.7 Å². The Morgan fingerprint density at radius 3 is 2.82 bits per heavy atom. The normalized spacial score (nSPS) is 24.2. The van der Waals surface area contributed by atoms with E-state index >= 15 is 0 Å². The fraction of sp³-hybridized carbons (Fsp3) is 0.562. The average molecular weight is 300 g/mol. The average Bonchev–Trinajstić information content (AvgIpc) is 3.39. The van der Waals surface area contributed by atoms with E-state index in [0.29, 0.717) is 18.3 Å². The van der Waals surface area contributed by atoms with Crippen molar-refractivity contribution >= 4 is 23.4 Å². The van der Waals surface area contributed by atoms with E-state index in [1.165, 1.54) is 12.8 Å². The highest BCUT2D eigenvalue weighted by Crippen LogP contribution is 2.38. The molecule has 2 fully saturated rings. The van der Waals surface area contributed by atoms with Gasteiger partial charge in [-0.15, -0.1) is 0 Å². The Hall–Kier alpha value is -2.11. The zero-order valence-electron chi connectivity index (χ0n) is 12.7. The smallest absolute Gasteiger partial charge is 0.322 e. The van der Waals surface area contributed by atoms with Crippen molar-refractivity contribution in [3.8, 4) is 0 Å². The Labute approximate surface area is 129 Å². The summed E-state index contributed by atoms with van der Waals surface area (Å²) in [5.74, 6) is 1.16. The van der Waals surface area contributed by atoms with Crippen LogP contribution < -0.4 is 15.1 Å². The third-order valence-corrected chi connectivity index (χ3v) is 4.55. The predicted molar refractivity (Wildman–Crippen MR) is 82.8 cm³/mol. The van der Waals surface area contributed by atoms with Crippen LogP contribution in [0.3, 0.4) is 0 Å². The number of rotatable bonds is 3.